The van der Waals surface area contributed by atoms with Crippen molar-refractivity contribution in [2.24, 2.45) is 0 Å². The highest BCUT2D eigenvalue weighted by molar-refractivity contribution is 7.14. The topological polar surface area (TPSA) is 37.8 Å². The highest BCUT2D eigenvalue weighted by Crippen LogP contribution is 2.27. The molecule has 19 heavy (non-hydrogen) atoms. The molecule has 0 unspecified atom stereocenters. The zero-order valence-electron chi connectivity index (χ0n) is 12.0. The predicted molar refractivity (Wildman–Crippen MR) is 81.4 cm³/mol. The van der Waals surface area contributed by atoms with Crippen LogP contribution < -0.4 is 5.32 Å². The van der Waals surface area contributed by atoms with E-state index in [2.05, 4.69) is 67.5 Å². The number of nitrogens with zero attached hydrogens (tertiary/aromatic N) is 2. The summed E-state index contributed by atoms with van der Waals surface area (Å²) in [7, 11) is 0. The van der Waals surface area contributed by atoms with Gasteiger partial charge in [0.1, 0.15) is 10.0 Å². The van der Waals surface area contributed by atoms with Gasteiger partial charge in [-0.05, 0) is 17.5 Å². The molecule has 0 fully saturated rings. The summed E-state index contributed by atoms with van der Waals surface area (Å²) in [5.41, 5.74) is 2.68. The van der Waals surface area contributed by atoms with E-state index in [1.807, 2.05) is 0 Å². The fraction of sp³-hybridized carbons (Fsp3) is 0.467. The van der Waals surface area contributed by atoms with Crippen LogP contribution in [0, 0.1) is 0 Å². The molecule has 0 aliphatic heterocycles. The molecule has 0 aliphatic rings. The van der Waals surface area contributed by atoms with E-state index in [1.165, 1.54) is 5.56 Å². The molecule has 0 bridgehead atoms. The maximum absolute atomic E-state index is 4.26. The second kappa shape index (κ2) is 5.80. The van der Waals surface area contributed by atoms with E-state index in [0.717, 1.165) is 28.7 Å². The molecule has 0 saturated heterocycles. The molecule has 2 aromatic rings. The van der Waals surface area contributed by atoms with Crippen LogP contribution in [0.15, 0.2) is 24.3 Å². The second-order valence-electron chi connectivity index (χ2n) is 5.61. The van der Waals surface area contributed by atoms with Crippen LogP contribution in [0.4, 0.5) is 0 Å². The molecule has 0 amide bonds. The number of hydrogen-bond acceptors (Lipinski definition) is 4. The van der Waals surface area contributed by atoms with Crippen LogP contribution in [0.25, 0.3) is 10.6 Å². The van der Waals surface area contributed by atoms with Gasteiger partial charge >= 0.3 is 0 Å². The Bertz CT molecular complexity index is 523. The van der Waals surface area contributed by atoms with Gasteiger partial charge in [-0.1, -0.05) is 63.3 Å². The van der Waals surface area contributed by atoms with Crippen LogP contribution in [0.1, 0.15) is 38.3 Å². The molecule has 0 spiro atoms. The highest BCUT2D eigenvalue weighted by Gasteiger charge is 2.14. The van der Waals surface area contributed by atoms with E-state index in [9.17, 15) is 0 Å². The maximum atomic E-state index is 4.26. The Morgan fingerprint density at radius 3 is 2.37 bits per heavy atom. The lowest BCUT2D eigenvalue weighted by atomic mass is 9.87. The van der Waals surface area contributed by atoms with Crippen molar-refractivity contribution in [2.75, 3.05) is 6.54 Å². The van der Waals surface area contributed by atoms with Crippen molar-refractivity contribution in [2.45, 2.75) is 39.7 Å². The van der Waals surface area contributed by atoms with Crippen LogP contribution in [0.3, 0.4) is 0 Å². The fourth-order valence-corrected chi connectivity index (χ4v) is 2.60. The minimum absolute atomic E-state index is 0.190. The number of nitrogens with one attached hydrogen (secondary N) is 1. The SMILES string of the molecule is CCNCc1nnc(-c2ccc(C(C)(C)C)cc2)s1. The molecule has 1 heterocycles. The van der Waals surface area contributed by atoms with Crippen LogP contribution in [-0.4, -0.2) is 16.7 Å². The number of benzene rings is 1. The maximum Gasteiger partial charge on any atom is 0.147 e. The van der Waals surface area contributed by atoms with Gasteiger partial charge in [-0.25, -0.2) is 0 Å². The lowest BCUT2D eigenvalue weighted by Gasteiger charge is -2.18. The average Bonchev–Trinajstić information content (AvgIpc) is 2.84. The third-order valence-corrected chi connectivity index (χ3v) is 3.96. The van der Waals surface area contributed by atoms with Crippen LogP contribution >= 0.6 is 11.3 Å². The largest absolute Gasteiger partial charge is 0.311 e. The zero-order chi connectivity index (χ0) is 13.9. The van der Waals surface area contributed by atoms with E-state index in [1.54, 1.807) is 11.3 Å². The zero-order valence-corrected chi connectivity index (χ0v) is 12.8. The molecule has 0 radical (unpaired) electrons. The van der Waals surface area contributed by atoms with E-state index < -0.39 is 0 Å². The molecule has 102 valence electrons. The van der Waals surface area contributed by atoms with Gasteiger partial charge in [0.2, 0.25) is 0 Å². The van der Waals surface area contributed by atoms with Crippen LogP contribution in [0.5, 0.6) is 0 Å². The van der Waals surface area contributed by atoms with Gasteiger partial charge in [-0.15, -0.1) is 10.2 Å². The van der Waals surface area contributed by atoms with Crippen molar-refractivity contribution in [1.29, 1.82) is 0 Å². The fourth-order valence-electron chi connectivity index (χ4n) is 1.79. The van der Waals surface area contributed by atoms with Gasteiger partial charge in [0, 0.05) is 12.1 Å². The summed E-state index contributed by atoms with van der Waals surface area (Å²) in [6.45, 7) is 10.5. The molecule has 3 nitrogen and oxygen atoms in total. The second-order valence-corrected chi connectivity index (χ2v) is 6.67. The van der Waals surface area contributed by atoms with E-state index in [0.29, 0.717) is 0 Å². The van der Waals surface area contributed by atoms with Crippen LogP contribution in [-0.2, 0) is 12.0 Å². The molecule has 1 aromatic heterocycles. The first-order valence-corrected chi connectivity index (χ1v) is 7.46. The van der Waals surface area contributed by atoms with Crippen molar-refractivity contribution >= 4 is 11.3 Å². The smallest absolute Gasteiger partial charge is 0.147 e. The Morgan fingerprint density at radius 1 is 1.11 bits per heavy atom. The van der Waals surface area contributed by atoms with Crippen LogP contribution in [0.2, 0.25) is 0 Å². The first-order valence-electron chi connectivity index (χ1n) is 6.64. The molecule has 1 N–H and O–H groups in total. The van der Waals surface area contributed by atoms with Crippen molar-refractivity contribution in [3.05, 3.63) is 34.8 Å². The lowest BCUT2D eigenvalue weighted by Crippen LogP contribution is -2.11. The Balaban J connectivity index is 2.16. The first kappa shape index (κ1) is 14.2. The quantitative estimate of drug-likeness (QED) is 0.926. The molecule has 0 atom stereocenters. The molecular formula is C15H21N3S. The van der Waals surface area contributed by atoms with Gasteiger partial charge in [-0.2, -0.15) is 0 Å². The van der Waals surface area contributed by atoms with E-state index >= 15 is 0 Å². The van der Waals surface area contributed by atoms with Gasteiger partial charge in [-0.3, -0.25) is 0 Å². The summed E-state index contributed by atoms with van der Waals surface area (Å²) in [5, 5.41) is 13.8. The minimum atomic E-state index is 0.190. The highest BCUT2D eigenvalue weighted by atomic mass is 32.1. The summed E-state index contributed by atoms with van der Waals surface area (Å²) in [6.07, 6.45) is 0. The van der Waals surface area contributed by atoms with Gasteiger partial charge < -0.3 is 5.32 Å². The standard InChI is InChI=1S/C15H21N3S/c1-5-16-10-13-17-18-14(19-13)11-6-8-12(9-7-11)15(2,3)4/h6-9,16H,5,10H2,1-4H3. The molecule has 1 aromatic carbocycles. The third-order valence-electron chi connectivity index (χ3n) is 2.99. The monoisotopic (exact) mass is 275 g/mol. The average molecular weight is 275 g/mol. The normalized spacial score (nSPS) is 11.8. The Labute approximate surface area is 119 Å². The summed E-state index contributed by atoms with van der Waals surface area (Å²) in [6, 6.07) is 8.64. The molecular weight excluding hydrogens is 254 g/mol. The molecule has 0 saturated carbocycles. The van der Waals surface area contributed by atoms with E-state index in [-0.39, 0.29) is 5.41 Å². The molecule has 2 rings (SSSR count). The lowest BCUT2D eigenvalue weighted by molar-refractivity contribution is 0.590. The summed E-state index contributed by atoms with van der Waals surface area (Å²) in [4.78, 5) is 0. The first-order chi connectivity index (χ1) is 9.00. The van der Waals surface area contributed by atoms with E-state index in [4.69, 9.17) is 0 Å². The minimum Gasteiger partial charge on any atom is -0.311 e. The van der Waals surface area contributed by atoms with Crippen molar-refractivity contribution < 1.29 is 0 Å². The Hall–Kier alpha value is -1.26. The van der Waals surface area contributed by atoms with Gasteiger partial charge in [0.05, 0.1) is 0 Å². The number of hydrogen-bond donors (Lipinski definition) is 1. The molecule has 0 aliphatic carbocycles. The van der Waals surface area contributed by atoms with Gasteiger partial charge in [0.25, 0.3) is 0 Å². The summed E-state index contributed by atoms with van der Waals surface area (Å²) >= 11 is 1.65. The number of rotatable bonds is 4. The van der Waals surface area contributed by atoms with Gasteiger partial charge in [0.15, 0.2) is 0 Å². The van der Waals surface area contributed by atoms with Crippen molar-refractivity contribution in [3.63, 3.8) is 0 Å². The Morgan fingerprint density at radius 2 is 1.79 bits per heavy atom. The van der Waals surface area contributed by atoms with Crippen molar-refractivity contribution in [1.82, 2.24) is 15.5 Å². The predicted octanol–water partition coefficient (Wildman–Crippen LogP) is 3.61. The molecule has 4 heteroatoms. The number of aromatic nitrogens is 2. The third kappa shape index (κ3) is 3.61. The summed E-state index contributed by atoms with van der Waals surface area (Å²) in [5.74, 6) is 0. The van der Waals surface area contributed by atoms with Crippen molar-refractivity contribution in [3.8, 4) is 10.6 Å². The Kier molecular flexibility index (Phi) is 4.32. The summed E-state index contributed by atoms with van der Waals surface area (Å²) < 4.78 is 0.